The number of fused-ring (bicyclic) bond motifs is 1. The molecule has 3 heterocycles. The monoisotopic (exact) mass is 451 g/mol. The van der Waals surface area contributed by atoms with Gasteiger partial charge in [-0.25, -0.2) is 9.97 Å². The number of aromatic nitrogens is 7. The molecule has 0 aliphatic heterocycles. The van der Waals surface area contributed by atoms with Crippen molar-refractivity contribution in [2.45, 2.75) is 45.6 Å². The molecule has 1 fully saturated rings. The van der Waals surface area contributed by atoms with Crippen LogP contribution in [0.2, 0.25) is 0 Å². The Bertz CT molecular complexity index is 1590. The van der Waals surface area contributed by atoms with Gasteiger partial charge < -0.3 is 9.13 Å². The third kappa shape index (κ3) is 3.42. The SMILES string of the molecule is Cc1cc2ncn(-c3cccc(-c4nncn4C(C)C)c3)c(=O)c2cc1-n1cnc(C2CC2)c1. The quantitative estimate of drug-likeness (QED) is 0.390. The fourth-order valence-corrected chi connectivity index (χ4v) is 4.41. The molecule has 0 unspecified atom stereocenters. The van der Waals surface area contributed by atoms with E-state index in [9.17, 15) is 4.79 Å². The van der Waals surface area contributed by atoms with Crippen LogP contribution in [0.25, 0.3) is 33.7 Å². The maximum atomic E-state index is 13.6. The average Bonchev–Trinajstić information content (AvgIpc) is 3.35. The summed E-state index contributed by atoms with van der Waals surface area (Å²) in [6.45, 7) is 6.21. The van der Waals surface area contributed by atoms with Crippen LogP contribution in [0.1, 0.15) is 49.9 Å². The summed E-state index contributed by atoms with van der Waals surface area (Å²) >= 11 is 0. The summed E-state index contributed by atoms with van der Waals surface area (Å²) in [6.07, 6.45) is 9.65. The van der Waals surface area contributed by atoms with Crippen molar-refractivity contribution in [1.29, 1.82) is 0 Å². The van der Waals surface area contributed by atoms with Crippen molar-refractivity contribution in [1.82, 2.24) is 33.9 Å². The number of nitrogens with zero attached hydrogens (tertiary/aromatic N) is 7. The Labute approximate surface area is 196 Å². The first kappa shape index (κ1) is 20.5. The van der Waals surface area contributed by atoms with E-state index in [4.69, 9.17) is 0 Å². The zero-order valence-electron chi connectivity index (χ0n) is 19.4. The van der Waals surface area contributed by atoms with Crippen LogP contribution in [0, 0.1) is 6.92 Å². The highest BCUT2D eigenvalue weighted by Crippen LogP contribution is 2.39. The Morgan fingerprint density at radius 2 is 1.88 bits per heavy atom. The Kier molecular flexibility index (Phi) is 4.69. The lowest BCUT2D eigenvalue weighted by Crippen LogP contribution is -2.19. The minimum atomic E-state index is -0.115. The van der Waals surface area contributed by atoms with Crippen LogP contribution in [0.15, 0.2) is 66.4 Å². The Morgan fingerprint density at radius 3 is 2.68 bits per heavy atom. The van der Waals surface area contributed by atoms with Gasteiger partial charge >= 0.3 is 0 Å². The molecule has 0 spiro atoms. The standard InChI is InChI=1S/C26H25N7O/c1-16(2)32-15-29-30-25(32)19-5-4-6-20(10-19)33-14-28-22-9-17(3)24(11-21(22)26(33)34)31-12-23(27-13-31)18-7-8-18/h4-6,9-16,18H,7-8H2,1-3H3. The molecule has 1 aliphatic rings. The molecule has 170 valence electrons. The van der Waals surface area contributed by atoms with E-state index in [2.05, 4.69) is 40.2 Å². The highest BCUT2D eigenvalue weighted by molar-refractivity contribution is 5.81. The van der Waals surface area contributed by atoms with Crippen LogP contribution >= 0.6 is 0 Å². The predicted molar refractivity (Wildman–Crippen MR) is 131 cm³/mol. The van der Waals surface area contributed by atoms with Crippen LogP contribution in [0.5, 0.6) is 0 Å². The normalized spacial score (nSPS) is 13.8. The first-order valence-electron chi connectivity index (χ1n) is 11.6. The van der Waals surface area contributed by atoms with Crippen LogP contribution < -0.4 is 5.56 Å². The lowest BCUT2D eigenvalue weighted by molar-refractivity contribution is 0.604. The van der Waals surface area contributed by atoms with Crippen molar-refractivity contribution in [2.24, 2.45) is 0 Å². The largest absolute Gasteiger partial charge is 0.311 e. The van der Waals surface area contributed by atoms with Gasteiger partial charge in [0, 0.05) is 23.7 Å². The number of rotatable bonds is 5. The summed E-state index contributed by atoms with van der Waals surface area (Å²) in [5.41, 5.74) is 5.31. The van der Waals surface area contributed by atoms with Gasteiger partial charge in [-0.3, -0.25) is 9.36 Å². The highest BCUT2D eigenvalue weighted by Gasteiger charge is 2.26. The number of hydrogen-bond acceptors (Lipinski definition) is 5. The smallest absolute Gasteiger partial charge is 0.265 e. The minimum absolute atomic E-state index is 0.115. The predicted octanol–water partition coefficient (Wildman–Crippen LogP) is 4.60. The molecule has 0 N–H and O–H groups in total. The van der Waals surface area contributed by atoms with Gasteiger partial charge in [0.15, 0.2) is 5.82 Å². The second-order valence-corrected chi connectivity index (χ2v) is 9.26. The summed E-state index contributed by atoms with van der Waals surface area (Å²) in [4.78, 5) is 22.8. The van der Waals surface area contributed by atoms with E-state index in [0.717, 1.165) is 34.0 Å². The molecule has 0 bridgehead atoms. The van der Waals surface area contributed by atoms with Crippen molar-refractivity contribution >= 4 is 10.9 Å². The fraction of sp³-hybridized carbons (Fsp3) is 0.269. The van der Waals surface area contributed by atoms with E-state index in [0.29, 0.717) is 16.8 Å². The topological polar surface area (TPSA) is 83.4 Å². The van der Waals surface area contributed by atoms with E-state index in [1.807, 2.05) is 58.8 Å². The van der Waals surface area contributed by atoms with E-state index < -0.39 is 0 Å². The van der Waals surface area contributed by atoms with Crippen molar-refractivity contribution in [3.05, 3.63) is 83.2 Å². The molecule has 0 radical (unpaired) electrons. The number of benzene rings is 2. The molecule has 6 rings (SSSR count). The second kappa shape index (κ2) is 7.76. The van der Waals surface area contributed by atoms with Crippen LogP contribution in [0.4, 0.5) is 0 Å². The minimum Gasteiger partial charge on any atom is -0.311 e. The molecule has 1 saturated carbocycles. The fourth-order valence-electron chi connectivity index (χ4n) is 4.41. The van der Waals surface area contributed by atoms with Crippen molar-refractivity contribution < 1.29 is 0 Å². The van der Waals surface area contributed by atoms with Crippen molar-refractivity contribution in [3.63, 3.8) is 0 Å². The first-order chi connectivity index (χ1) is 16.5. The molecular formula is C26H25N7O. The van der Waals surface area contributed by atoms with Crippen molar-refractivity contribution in [3.8, 4) is 22.8 Å². The maximum Gasteiger partial charge on any atom is 0.265 e. The summed E-state index contributed by atoms with van der Waals surface area (Å²) < 4.78 is 5.61. The third-order valence-corrected chi connectivity index (χ3v) is 6.46. The van der Waals surface area contributed by atoms with E-state index in [1.165, 1.54) is 12.8 Å². The molecule has 0 saturated heterocycles. The molecular weight excluding hydrogens is 426 g/mol. The molecule has 2 aromatic carbocycles. The molecule has 0 atom stereocenters. The molecule has 3 aromatic heterocycles. The Hall–Kier alpha value is -4.07. The maximum absolute atomic E-state index is 13.6. The number of hydrogen-bond donors (Lipinski definition) is 0. The van der Waals surface area contributed by atoms with Gasteiger partial charge in [0.1, 0.15) is 12.7 Å². The second-order valence-electron chi connectivity index (χ2n) is 9.26. The summed E-state index contributed by atoms with van der Waals surface area (Å²) in [7, 11) is 0. The first-order valence-corrected chi connectivity index (χ1v) is 11.6. The zero-order valence-corrected chi connectivity index (χ0v) is 19.4. The number of imidazole rings is 1. The van der Waals surface area contributed by atoms with E-state index in [-0.39, 0.29) is 11.6 Å². The lowest BCUT2D eigenvalue weighted by Gasteiger charge is -2.13. The van der Waals surface area contributed by atoms with Gasteiger partial charge in [-0.05, 0) is 63.4 Å². The summed E-state index contributed by atoms with van der Waals surface area (Å²) in [5, 5.41) is 8.93. The van der Waals surface area contributed by atoms with Crippen LogP contribution in [0.3, 0.4) is 0 Å². The van der Waals surface area contributed by atoms with Gasteiger partial charge in [-0.15, -0.1) is 10.2 Å². The zero-order chi connectivity index (χ0) is 23.4. The molecule has 34 heavy (non-hydrogen) atoms. The van der Waals surface area contributed by atoms with Gasteiger partial charge in [0.05, 0.1) is 34.3 Å². The Balaban J connectivity index is 1.45. The summed E-state index contributed by atoms with van der Waals surface area (Å²) in [5.74, 6) is 1.35. The van der Waals surface area contributed by atoms with E-state index in [1.54, 1.807) is 17.2 Å². The van der Waals surface area contributed by atoms with Gasteiger partial charge in [0.25, 0.3) is 5.56 Å². The molecule has 1 aliphatic carbocycles. The number of aryl methyl sites for hydroxylation is 1. The highest BCUT2D eigenvalue weighted by atomic mass is 16.1. The van der Waals surface area contributed by atoms with Gasteiger partial charge in [-0.2, -0.15) is 0 Å². The van der Waals surface area contributed by atoms with Gasteiger partial charge in [0.2, 0.25) is 0 Å². The average molecular weight is 452 g/mol. The molecule has 5 aromatic rings. The lowest BCUT2D eigenvalue weighted by atomic mass is 10.1. The summed E-state index contributed by atoms with van der Waals surface area (Å²) in [6, 6.07) is 11.9. The third-order valence-electron chi connectivity index (χ3n) is 6.46. The molecule has 8 nitrogen and oxygen atoms in total. The molecule has 8 heteroatoms. The van der Waals surface area contributed by atoms with Gasteiger partial charge in [-0.1, -0.05) is 12.1 Å². The Morgan fingerprint density at radius 1 is 1.03 bits per heavy atom. The van der Waals surface area contributed by atoms with E-state index >= 15 is 0 Å². The van der Waals surface area contributed by atoms with Crippen LogP contribution in [-0.2, 0) is 0 Å². The molecule has 0 amide bonds. The van der Waals surface area contributed by atoms with Crippen LogP contribution in [-0.4, -0.2) is 33.9 Å². The van der Waals surface area contributed by atoms with Crippen molar-refractivity contribution in [2.75, 3.05) is 0 Å².